The van der Waals surface area contributed by atoms with Crippen molar-refractivity contribution in [2.75, 3.05) is 12.3 Å². The molecule has 2 N–H and O–H groups in total. The van der Waals surface area contributed by atoms with Gasteiger partial charge in [0.2, 0.25) is 0 Å². The summed E-state index contributed by atoms with van der Waals surface area (Å²) in [7, 11) is -0.879. The topological polar surface area (TPSA) is 73.8 Å². The molecule has 1 atom stereocenters. The Hall–Kier alpha value is -0.750. The van der Waals surface area contributed by atoms with Crippen LogP contribution in [0.15, 0.2) is 6.33 Å². The molecule has 1 rings (SSSR count). The van der Waals surface area contributed by atoms with Crippen molar-refractivity contribution in [2.24, 2.45) is 5.73 Å². The minimum Gasteiger partial charge on any atom is -0.330 e. The molecule has 1 aromatic rings. The van der Waals surface area contributed by atoms with Gasteiger partial charge in [0.05, 0.1) is 5.75 Å². The van der Waals surface area contributed by atoms with E-state index in [2.05, 4.69) is 10.1 Å². The first-order valence-corrected chi connectivity index (χ1v) is 6.57. The fourth-order valence-electron chi connectivity index (χ4n) is 1.27. The van der Waals surface area contributed by atoms with Crippen LogP contribution in [0.1, 0.15) is 32.1 Å². The van der Waals surface area contributed by atoms with E-state index in [-0.39, 0.29) is 6.04 Å². The minimum absolute atomic E-state index is 0.258. The van der Waals surface area contributed by atoms with Crippen molar-refractivity contribution in [3.8, 4) is 0 Å². The second-order valence-corrected chi connectivity index (χ2v) is 5.22. The van der Waals surface area contributed by atoms with Crippen LogP contribution in [0.4, 0.5) is 0 Å². The first-order chi connectivity index (χ1) is 7.15. The van der Waals surface area contributed by atoms with Crippen molar-refractivity contribution in [3.63, 3.8) is 0 Å². The zero-order chi connectivity index (χ0) is 11.3. The SMILES string of the molecule is CC(C)n1ncnc1CS(=O)CCCN. The number of rotatable bonds is 6. The van der Waals surface area contributed by atoms with Crippen LogP contribution >= 0.6 is 0 Å². The molecule has 1 aromatic heterocycles. The van der Waals surface area contributed by atoms with E-state index in [9.17, 15) is 4.21 Å². The third-order valence-corrected chi connectivity index (χ3v) is 3.33. The van der Waals surface area contributed by atoms with E-state index in [1.807, 2.05) is 13.8 Å². The van der Waals surface area contributed by atoms with E-state index < -0.39 is 10.8 Å². The molecule has 0 aliphatic carbocycles. The molecule has 15 heavy (non-hydrogen) atoms. The molecule has 1 heterocycles. The number of aromatic nitrogens is 3. The van der Waals surface area contributed by atoms with Gasteiger partial charge in [-0.25, -0.2) is 9.67 Å². The first kappa shape index (κ1) is 12.3. The molecule has 0 aliphatic heterocycles. The van der Waals surface area contributed by atoms with Crippen LogP contribution in [0, 0.1) is 0 Å². The summed E-state index contributed by atoms with van der Waals surface area (Å²) in [6, 6.07) is 0.258. The van der Waals surface area contributed by atoms with E-state index in [1.165, 1.54) is 6.33 Å². The van der Waals surface area contributed by atoms with Crippen LogP contribution < -0.4 is 5.73 Å². The third kappa shape index (κ3) is 3.71. The number of hydrogen-bond donors (Lipinski definition) is 1. The highest BCUT2D eigenvalue weighted by Gasteiger charge is 2.10. The monoisotopic (exact) mass is 230 g/mol. The van der Waals surface area contributed by atoms with Crippen LogP contribution in [0.2, 0.25) is 0 Å². The average Bonchev–Trinajstić information content (AvgIpc) is 2.62. The highest BCUT2D eigenvalue weighted by Crippen LogP contribution is 2.07. The molecule has 0 radical (unpaired) electrons. The van der Waals surface area contributed by atoms with Gasteiger partial charge in [-0.2, -0.15) is 5.10 Å². The quantitative estimate of drug-likeness (QED) is 0.770. The first-order valence-electron chi connectivity index (χ1n) is 5.08. The lowest BCUT2D eigenvalue weighted by Crippen LogP contribution is -2.13. The number of nitrogens with two attached hydrogens (primary N) is 1. The van der Waals surface area contributed by atoms with Crippen LogP contribution in [0.3, 0.4) is 0 Å². The summed E-state index contributed by atoms with van der Waals surface area (Å²) in [4.78, 5) is 4.11. The number of nitrogens with zero attached hydrogens (tertiary/aromatic N) is 3. The van der Waals surface area contributed by atoms with Crippen molar-refractivity contribution >= 4 is 10.8 Å². The molecule has 0 spiro atoms. The lowest BCUT2D eigenvalue weighted by atomic mass is 10.4. The molecule has 0 saturated carbocycles. The molecule has 0 aromatic carbocycles. The summed E-state index contributed by atoms with van der Waals surface area (Å²) in [5.41, 5.74) is 5.36. The molecule has 0 saturated heterocycles. The van der Waals surface area contributed by atoms with Gasteiger partial charge in [0.1, 0.15) is 12.2 Å². The molecule has 86 valence electrons. The molecule has 0 aliphatic rings. The largest absolute Gasteiger partial charge is 0.330 e. The summed E-state index contributed by atoms with van der Waals surface area (Å²) in [6.07, 6.45) is 2.30. The van der Waals surface area contributed by atoms with E-state index in [1.54, 1.807) is 4.68 Å². The van der Waals surface area contributed by atoms with Crippen LogP contribution in [-0.4, -0.2) is 31.3 Å². The molecule has 5 nitrogen and oxygen atoms in total. The summed E-state index contributed by atoms with van der Waals surface area (Å²) in [5, 5.41) is 4.10. The highest BCUT2D eigenvalue weighted by molar-refractivity contribution is 7.84. The Bertz CT molecular complexity index is 324. The summed E-state index contributed by atoms with van der Waals surface area (Å²) in [6.45, 7) is 4.64. The van der Waals surface area contributed by atoms with E-state index >= 15 is 0 Å². The molecule has 6 heteroatoms. The van der Waals surface area contributed by atoms with Crippen LogP contribution in [0.25, 0.3) is 0 Å². The maximum atomic E-state index is 11.6. The minimum atomic E-state index is -0.879. The normalized spacial score (nSPS) is 13.3. The summed E-state index contributed by atoms with van der Waals surface area (Å²) in [5.74, 6) is 1.90. The van der Waals surface area contributed by atoms with Gasteiger partial charge in [-0.05, 0) is 26.8 Å². The average molecular weight is 230 g/mol. The summed E-state index contributed by atoms with van der Waals surface area (Å²) >= 11 is 0. The predicted molar refractivity (Wildman–Crippen MR) is 60.8 cm³/mol. The fraction of sp³-hybridized carbons (Fsp3) is 0.778. The van der Waals surface area contributed by atoms with Gasteiger partial charge in [-0.15, -0.1) is 0 Å². The van der Waals surface area contributed by atoms with Crippen LogP contribution in [-0.2, 0) is 16.6 Å². The Morgan fingerprint density at radius 1 is 1.60 bits per heavy atom. The van der Waals surface area contributed by atoms with Gasteiger partial charge in [0.15, 0.2) is 0 Å². The molecular formula is C9H18N4OS. The van der Waals surface area contributed by atoms with Gasteiger partial charge in [0.25, 0.3) is 0 Å². The van der Waals surface area contributed by atoms with Gasteiger partial charge >= 0.3 is 0 Å². The molecule has 0 bridgehead atoms. The summed E-state index contributed by atoms with van der Waals surface area (Å²) < 4.78 is 13.4. The van der Waals surface area contributed by atoms with Gasteiger partial charge in [-0.1, -0.05) is 0 Å². The van der Waals surface area contributed by atoms with E-state index in [4.69, 9.17) is 5.73 Å². The second kappa shape index (κ2) is 5.97. The standard InChI is InChI=1S/C9H18N4OS/c1-8(2)13-9(11-7-12-13)6-15(14)5-3-4-10/h7-8H,3-6,10H2,1-2H3. The molecule has 0 amide bonds. The highest BCUT2D eigenvalue weighted by atomic mass is 32.2. The maximum Gasteiger partial charge on any atom is 0.139 e. The van der Waals surface area contributed by atoms with Gasteiger partial charge in [-0.3, -0.25) is 4.21 Å². The maximum absolute atomic E-state index is 11.6. The Morgan fingerprint density at radius 2 is 2.33 bits per heavy atom. The zero-order valence-corrected chi connectivity index (χ0v) is 10.0. The third-order valence-electron chi connectivity index (χ3n) is 2.00. The van der Waals surface area contributed by atoms with Crippen molar-refractivity contribution in [2.45, 2.75) is 32.1 Å². The van der Waals surface area contributed by atoms with Crippen molar-refractivity contribution in [1.82, 2.24) is 14.8 Å². The predicted octanol–water partition coefficient (Wildman–Crippen LogP) is 0.457. The van der Waals surface area contributed by atoms with Crippen molar-refractivity contribution < 1.29 is 4.21 Å². The van der Waals surface area contributed by atoms with E-state index in [0.717, 1.165) is 12.2 Å². The molecule has 0 fully saturated rings. The van der Waals surface area contributed by atoms with E-state index in [0.29, 0.717) is 18.1 Å². The Kier molecular flexibility index (Phi) is 4.90. The molecule has 1 unspecified atom stereocenters. The lowest BCUT2D eigenvalue weighted by molar-refractivity contribution is 0.513. The smallest absolute Gasteiger partial charge is 0.139 e. The Balaban J connectivity index is 2.56. The van der Waals surface area contributed by atoms with Crippen LogP contribution in [0.5, 0.6) is 0 Å². The van der Waals surface area contributed by atoms with Gasteiger partial charge in [0, 0.05) is 22.6 Å². The zero-order valence-electron chi connectivity index (χ0n) is 9.22. The van der Waals surface area contributed by atoms with Crippen molar-refractivity contribution in [1.29, 1.82) is 0 Å². The number of hydrogen-bond acceptors (Lipinski definition) is 4. The molecular weight excluding hydrogens is 212 g/mol. The Morgan fingerprint density at radius 3 is 2.93 bits per heavy atom. The second-order valence-electron chi connectivity index (χ2n) is 3.65. The lowest BCUT2D eigenvalue weighted by Gasteiger charge is -2.08. The Labute approximate surface area is 92.5 Å². The van der Waals surface area contributed by atoms with Crippen molar-refractivity contribution in [3.05, 3.63) is 12.2 Å². The fourth-order valence-corrected chi connectivity index (χ4v) is 2.40. The van der Waals surface area contributed by atoms with Gasteiger partial charge < -0.3 is 5.73 Å².